The van der Waals surface area contributed by atoms with E-state index in [1.54, 1.807) is 6.07 Å². The van der Waals surface area contributed by atoms with Gasteiger partial charge in [0.25, 0.3) is 0 Å². The first-order chi connectivity index (χ1) is 8.36. The van der Waals surface area contributed by atoms with Gasteiger partial charge < -0.3 is 10.5 Å². The molecule has 1 aromatic rings. The van der Waals surface area contributed by atoms with Crippen molar-refractivity contribution in [1.29, 1.82) is 0 Å². The molecule has 0 fully saturated rings. The highest BCUT2D eigenvalue weighted by Crippen LogP contribution is 2.35. The second kappa shape index (κ2) is 5.89. The van der Waals surface area contributed by atoms with Crippen LogP contribution in [0.1, 0.15) is 52.5 Å². The number of hydrogen-bond acceptors (Lipinski definition) is 3. The Morgan fingerprint density at radius 1 is 1.33 bits per heavy atom. The number of carbonyl (C=O) groups is 1. The summed E-state index contributed by atoms with van der Waals surface area (Å²) in [6, 6.07) is 5.61. The Morgan fingerprint density at radius 2 is 2.00 bits per heavy atom. The van der Waals surface area contributed by atoms with Crippen LogP contribution >= 0.6 is 0 Å². The number of para-hydroxylation sites is 1. The van der Waals surface area contributed by atoms with E-state index >= 15 is 0 Å². The van der Waals surface area contributed by atoms with E-state index in [-0.39, 0.29) is 11.4 Å². The number of ether oxygens (including phenoxy) is 1. The summed E-state index contributed by atoms with van der Waals surface area (Å²) in [5.41, 5.74) is 7.30. The van der Waals surface area contributed by atoms with Crippen LogP contribution < -0.4 is 10.5 Å². The van der Waals surface area contributed by atoms with E-state index in [9.17, 15) is 4.79 Å². The van der Waals surface area contributed by atoms with Crippen LogP contribution in [-0.4, -0.2) is 5.97 Å². The van der Waals surface area contributed by atoms with Gasteiger partial charge in [-0.25, -0.2) is 0 Å². The van der Waals surface area contributed by atoms with Crippen molar-refractivity contribution in [3.63, 3.8) is 0 Å². The van der Waals surface area contributed by atoms with Gasteiger partial charge >= 0.3 is 5.97 Å². The van der Waals surface area contributed by atoms with E-state index < -0.39 is 0 Å². The summed E-state index contributed by atoms with van der Waals surface area (Å²) < 4.78 is 5.44. The molecule has 1 aromatic carbocycles. The molecule has 0 saturated carbocycles. The van der Waals surface area contributed by atoms with Crippen molar-refractivity contribution in [3.8, 4) is 5.75 Å². The lowest BCUT2D eigenvalue weighted by molar-refractivity contribution is -0.134. The Bertz CT molecular complexity index is 419. The van der Waals surface area contributed by atoms with Crippen LogP contribution in [0.25, 0.3) is 0 Å². The van der Waals surface area contributed by atoms with Crippen molar-refractivity contribution in [2.24, 2.45) is 0 Å². The summed E-state index contributed by atoms with van der Waals surface area (Å²) in [6.45, 7) is 8.27. The Kier molecular flexibility index (Phi) is 4.76. The maximum absolute atomic E-state index is 11.7. The fourth-order valence-corrected chi connectivity index (χ4v) is 1.75. The van der Waals surface area contributed by atoms with Crippen molar-refractivity contribution in [1.82, 2.24) is 0 Å². The smallest absolute Gasteiger partial charge is 0.311 e. The number of carbonyl (C=O) groups excluding carboxylic acids is 1. The number of unbranched alkanes of at least 4 members (excludes halogenated alkanes) is 1. The first-order valence-corrected chi connectivity index (χ1v) is 6.46. The summed E-state index contributed by atoms with van der Waals surface area (Å²) in [6.07, 6.45) is 2.26. The molecule has 0 heterocycles. The quantitative estimate of drug-likeness (QED) is 0.503. The third kappa shape index (κ3) is 3.76. The zero-order chi connectivity index (χ0) is 13.8. The van der Waals surface area contributed by atoms with E-state index in [2.05, 4.69) is 20.8 Å². The number of nitrogen functional groups attached to an aromatic ring is 1. The van der Waals surface area contributed by atoms with Gasteiger partial charge in [0.2, 0.25) is 0 Å². The predicted octanol–water partition coefficient (Wildman–Crippen LogP) is 3.66. The molecule has 0 aliphatic heterocycles. The number of rotatable bonds is 4. The SMILES string of the molecule is CCCCC(=O)Oc1c(N)cccc1C(C)(C)C. The molecular weight excluding hydrogens is 226 g/mol. The minimum Gasteiger partial charge on any atom is -0.424 e. The third-order valence-corrected chi connectivity index (χ3v) is 2.80. The molecule has 0 radical (unpaired) electrons. The minimum atomic E-state index is -0.208. The molecule has 0 aromatic heterocycles. The molecular formula is C15H23NO2. The molecule has 0 atom stereocenters. The van der Waals surface area contributed by atoms with Crippen molar-refractivity contribution >= 4 is 11.7 Å². The average molecular weight is 249 g/mol. The molecule has 0 amide bonds. The van der Waals surface area contributed by atoms with Crippen LogP contribution in [0.3, 0.4) is 0 Å². The fraction of sp³-hybridized carbons (Fsp3) is 0.533. The number of esters is 1. The molecule has 3 nitrogen and oxygen atoms in total. The van der Waals surface area contributed by atoms with Crippen molar-refractivity contribution in [2.45, 2.75) is 52.4 Å². The van der Waals surface area contributed by atoms with E-state index in [0.29, 0.717) is 17.9 Å². The fourth-order valence-electron chi connectivity index (χ4n) is 1.75. The van der Waals surface area contributed by atoms with Crippen molar-refractivity contribution in [3.05, 3.63) is 23.8 Å². The van der Waals surface area contributed by atoms with Crippen molar-refractivity contribution < 1.29 is 9.53 Å². The molecule has 1 rings (SSSR count). The van der Waals surface area contributed by atoms with Gasteiger partial charge in [-0.3, -0.25) is 4.79 Å². The first kappa shape index (κ1) is 14.6. The average Bonchev–Trinajstić information content (AvgIpc) is 2.27. The predicted molar refractivity (Wildman–Crippen MR) is 74.7 cm³/mol. The summed E-state index contributed by atoms with van der Waals surface area (Å²) in [5, 5.41) is 0. The number of nitrogens with two attached hydrogens (primary N) is 1. The number of hydrogen-bond donors (Lipinski definition) is 1. The van der Waals surface area contributed by atoms with Gasteiger partial charge in [-0.05, 0) is 17.9 Å². The lowest BCUT2D eigenvalue weighted by Gasteiger charge is -2.23. The summed E-state index contributed by atoms with van der Waals surface area (Å²) >= 11 is 0. The van der Waals surface area contributed by atoms with Crippen LogP contribution in [0.2, 0.25) is 0 Å². The monoisotopic (exact) mass is 249 g/mol. The number of anilines is 1. The van der Waals surface area contributed by atoms with E-state index in [1.807, 2.05) is 19.1 Å². The molecule has 0 aliphatic rings. The molecule has 3 heteroatoms. The normalized spacial score (nSPS) is 11.3. The van der Waals surface area contributed by atoms with Gasteiger partial charge in [0.05, 0.1) is 5.69 Å². The lowest BCUT2D eigenvalue weighted by atomic mass is 9.86. The van der Waals surface area contributed by atoms with Gasteiger partial charge in [0.15, 0.2) is 5.75 Å². The maximum atomic E-state index is 11.7. The van der Waals surface area contributed by atoms with Gasteiger partial charge in [-0.2, -0.15) is 0 Å². The van der Waals surface area contributed by atoms with E-state index in [1.165, 1.54) is 0 Å². The van der Waals surface area contributed by atoms with E-state index in [4.69, 9.17) is 10.5 Å². The highest BCUT2D eigenvalue weighted by atomic mass is 16.5. The molecule has 18 heavy (non-hydrogen) atoms. The highest BCUT2D eigenvalue weighted by Gasteiger charge is 2.22. The van der Waals surface area contributed by atoms with Crippen LogP contribution in [-0.2, 0) is 10.2 Å². The largest absolute Gasteiger partial charge is 0.424 e. The molecule has 0 saturated heterocycles. The molecule has 0 spiro atoms. The summed E-state index contributed by atoms with van der Waals surface area (Å²) in [5.74, 6) is 0.311. The van der Waals surface area contributed by atoms with Crippen LogP contribution in [0.4, 0.5) is 5.69 Å². The summed E-state index contributed by atoms with van der Waals surface area (Å²) in [7, 11) is 0. The van der Waals surface area contributed by atoms with Gasteiger partial charge in [0.1, 0.15) is 0 Å². The number of benzene rings is 1. The Labute approximate surface area is 109 Å². The van der Waals surface area contributed by atoms with Gasteiger partial charge in [-0.1, -0.05) is 46.2 Å². The molecule has 0 aliphatic carbocycles. The van der Waals surface area contributed by atoms with Crippen LogP contribution in [0.15, 0.2) is 18.2 Å². The topological polar surface area (TPSA) is 52.3 Å². The van der Waals surface area contributed by atoms with Crippen LogP contribution in [0, 0.1) is 0 Å². The highest BCUT2D eigenvalue weighted by molar-refractivity contribution is 5.75. The van der Waals surface area contributed by atoms with Crippen LogP contribution in [0.5, 0.6) is 5.75 Å². The summed E-state index contributed by atoms with van der Waals surface area (Å²) in [4.78, 5) is 11.7. The lowest BCUT2D eigenvalue weighted by Crippen LogP contribution is -2.17. The standard InChI is InChI=1S/C15H23NO2/c1-5-6-10-13(17)18-14-11(15(2,3)4)8-7-9-12(14)16/h7-9H,5-6,10,16H2,1-4H3. The zero-order valence-corrected chi connectivity index (χ0v) is 11.7. The molecule has 0 unspecified atom stereocenters. The third-order valence-electron chi connectivity index (χ3n) is 2.80. The van der Waals surface area contributed by atoms with Gasteiger partial charge in [-0.15, -0.1) is 0 Å². The maximum Gasteiger partial charge on any atom is 0.311 e. The first-order valence-electron chi connectivity index (χ1n) is 6.46. The zero-order valence-electron chi connectivity index (χ0n) is 11.7. The molecule has 100 valence electrons. The second-order valence-corrected chi connectivity index (χ2v) is 5.55. The second-order valence-electron chi connectivity index (χ2n) is 5.55. The Morgan fingerprint density at radius 3 is 2.56 bits per heavy atom. The molecule has 2 N–H and O–H groups in total. The van der Waals surface area contributed by atoms with E-state index in [0.717, 1.165) is 18.4 Å². The molecule has 0 bridgehead atoms. The minimum absolute atomic E-state index is 0.101. The van der Waals surface area contributed by atoms with Crippen molar-refractivity contribution in [2.75, 3.05) is 5.73 Å². The Hall–Kier alpha value is -1.51. The Balaban J connectivity index is 2.97. The van der Waals surface area contributed by atoms with Gasteiger partial charge in [0, 0.05) is 12.0 Å².